The average Bonchev–Trinajstić information content (AvgIpc) is 2.39. The number of sulfonamides is 1. The molecule has 0 radical (unpaired) electrons. The van der Waals surface area contributed by atoms with Crippen LogP contribution in [0.2, 0.25) is 0 Å². The third kappa shape index (κ3) is 4.48. The lowest BCUT2D eigenvalue weighted by Crippen LogP contribution is -2.41. The molecule has 8 heteroatoms. The molecule has 0 aliphatic carbocycles. The number of aliphatic carboxylic acids is 1. The van der Waals surface area contributed by atoms with Gasteiger partial charge in [0.15, 0.2) is 0 Å². The number of rotatable bonds is 8. The minimum Gasteiger partial charge on any atom is -0.494 e. The number of carboxylic acid groups (broad SMARTS) is 1. The number of aliphatic hydroxyl groups is 1. The van der Waals surface area contributed by atoms with Crippen molar-refractivity contribution in [2.75, 3.05) is 13.2 Å². The van der Waals surface area contributed by atoms with Gasteiger partial charge < -0.3 is 14.9 Å². The molecule has 0 spiro atoms. The molecule has 1 atom stereocenters. The van der Waals surface area contributed by atoms with Gasteiger partial charge in [0.05, 0.1) is 11.5 Å². The van der Waals surface area contributed by atoms with Gasteiger partial charge in [-0.3, -0.25) is 4.79 Å². The van der Waals surface area contributed by atoms with E-state index in [1.807, 2.05) is 4.72 Å². The molecule has 0 saturated heterocycles. The number of hydrogen-bond acceptors (Lipinski definition) is 5. The molecular formula is C12H17NO6S. The topological polar surface area (TPSA) is 113 Å². The van der Waals surface area contributed by atoms with Crippen LogP contribution in [0.1, 0.15) is 13.3 Å². The Morgan fingerprint density at radius 2 is 1.95 bits per heavy atom. The Morgan fingerprint density at radius 1 is 1.35 bits per heavy atom. The van der Waals surface area contributed by atoms with Crippen LogP contribution in [0.25, 0.3) is 0 Å². The lowest BCUT2D eigenvalue weighted by atomic mass is 10.2. The van der Waals surface area contributed by atoms with Gasteiger partial charge in [-0.2, -0.15) is 4.72 Å². The van der Waals surface area contributed by atoms with E-state index in [-0.39, 0.29) is 11.3 Å². The number of nitrogens with one attached hydrogen (secondary N) is 1. The van der Waals surface area contributed by atoms with Crippen molar-refractivity contribution in [1.82, 2.24) is 4.72 Å². The first kappa shape index (κ1) is 16.4. The predicted octanol–water partition coefficient (Wildman–Crippen LogP) is 0.199. The van der Waals surface area contributed by atoms with Crippen LogP contribution >= 0.6 is 0 Å². The molecule has 0 unspecified atom stereocenters. The van der Waals surface area contributed by atoms with E-state index < -0.39 is 28.6 Å². The molecule has 3 N–H and O–H groups in total. The van der Waals surface area contributed by atoms with Gasteiger partial charge in [0, 0.05) is 6.61 Å². The fraction of sp³-hybridized carbons (Fsp3) is 0.417. The number of benzene rings is 1. The van der Waals surface area contributed by atoms with Crippen molar-refractivity contribution >= 4 is 16.0 Å². The van der Waals surface area contributed by atoms with Crippen molar-refractivity contribution in [2.24, 2.45) is 0 Å². The standard InChI is InChI=1S/C12H17NO6S/c1-2-19-9-3-5-10(6-4-9)20(17,18)13-11(7-8-14)12(15)16/h3-6,11,13-14H,2,7-8H2,1H3,(H,15,16)/t11-/m1/s1. The second-order valence-corrected chi connectivity index (χ2v) is 5.64. The number of carbonyl (C=O) groups is 1. The molecule has 1 rings (SSSR count). The summed E-state index contributed by atoms with van der Waals surface area (Å²) in [5, 5.41) is 17.6. The first-order chi connectivity index (χ1) is 9.40. The normalized spacial score (nSPS) is 12.9. The van der Waals surface area contributed by atoms with Crippen LogP contribution in [-0.2, 0) is 14.8 Å². The summed E-state index contributed by atoms with van der Waals surface area (Å²) in [6.45, 7) is 1.84. The van der Waals surface area contributed by atoms with E-state index in [4.69, 9.17) is 14.9 Å². The second kappa shape index (κ2) is 7.22. The SMILES string of the molecule is CCOc1ccc(S(=O)(=O)N[C@H](CCO)C(=O)O)cc1. The van der Waals surface area contributed by atoms with Crippen molar-refractivity contribution in [1.29, 1.82) is 0 Å². The van der Waals surface area contributed by atoms with Crippen molar-refractivity contribution in [3.05, 3.63) is 24.3 Å². The van der Waals surface area contributed by atoms with E-state index >= 15 is 0 Å². The minimum atomic E-state index is -3.96. The summed E-state index contributed by atoms with van der Waals surface area (Å²) >= 11 is 0. The van der Waals surface area contributed by atoms with Gasteiger partial charge in [0.1, 0.15) is 11.8 Å². The first-order valence-electron chi connectivity index (χ1n) is 5.99. The van der Waals surface area contributed by atoms with E-state index in [1.165, 1.54) is 24.3 Å². The summed E-state index contributed by atoms with van der Waals surface area (Å²) in [4.78, 5) is 10.8. The Hall–Kier alpha value is -1.64. The number of aliphatic hydroxyl groups excluding tert-OH is 1. The summed E-state index contributed by atoms with van der Waals surface area (Å²) < 4.78 is 31.2. The molecule has 0 bridgehead atoms. The van der Waals surface area contributed by atoms with Gasteiger partial charge >= 0.3 is 5.97 Å². The monoisotopic (exact) mass is 303 g/mol. The molecule has 1 aromatic rings. The van der Waals surface area contributed by atoms with E-state index in [0.717, 1.165) is 0 Å². The maximum Gasteiger partial charge on any atom is 0.321 e. The summed E-state index contributed by atoms with van der Waals surface area (Å²) in [7, 11) is -3.96. The fourth-order valence-electron chi connectivity index (χ4n) is 1.50. The van der Waals surface area contributed by atoms with Crippen molar-refractivity contribution in [3.8, 4) is 5.75 Å². The number of hydrogen-bond donors (Lipinski definition) is 3. The third-order valence-electron chi connectivity index (χ3n) is 2.46. The molecule has 0 heterocycles. The molecule has 112 valence electrons. The van der Waals surface area contributed by atoms with Gasteiger partial charge in [-0.05, 0) is 37.6 Å². The minimum absolute atomic E-state index is 0.0647. The van der Waals surface area contributed by atoms with E-state index in [2.05, 4.69) is 0 Å². The first-order valence-corrected chi connectivity index (χ1v) is 7.48. The molecule has 0 fully saturated rings. The second-order valence-electron chi connectivity index (χ2n) is 3.93. The van der Waals surface area contributed by atoms with Crippen LogP contribution < -0.4 is 9.46 Å². The third-order valence-corrected chi connectivity index (χ3v) is 3.95. The molecular weight excluding hydrogens is 286 g/mol. The summed E-state index contributed by atoms with van der Waals surface area (Å²) in [6, 6.07) is 4.26. The van der Waals surface area contributed by atoms with Crippen LogP contribution in [0.5, 0.6) is 5.75 Å². The highest BCUT2D eigenvalue weighted by molar-refractivity contribution is 7.89. The van der Waals surface area contributed by atoms with Gasteiger partial charge in [-0.1, -0.05) is 0 Å². The number of carboxylic acids is 1. The molecule has 7 nitrogen and oxygen atoms in total. The van der Waals surface area contributed by atoms with E-state index in [9.17, 15) is 13.2 Å². The lowest BCUT2D eigenvalue weighted by molar-refractivity contribution is -0.139. The summed E-state index contributed by atoms with van der Waals surface area (Å²) in [5.41, 5.74) is 0. The highest BCUT2D eigenvalue weighted by Gasteiger charge is 2.24. The molecule has 0 aromatic heterocycles. The predicted molar refractivity (Wildman–Crippen MR) is 71.1 cm³/mol. The van der Waals surface area contributed by atoms with E-state index in [1.54, 1.807) is 6.92 Å². The Kier molecular flexibility index (Phi) is 5.93. The Bertz CT molecular complexity index is 540. The maximum atomic E-state index is 12.0. The molecule has 1 aromatic carbocycles. The smallest absolute Gasteiger partial charge is 0.321 e. The van der Waals surface area contributed by atoms with Crippen LogP contribution in [0.15, 0.2) is 29.2 Å². The van der Waals surface area contributed by atoms with Crippen LogP contribution in [0.3, 0.4) is 0 Å². The Balaban J connectivity index is 2.89. The van der Waals surface area contributed by atoms with Gasteiger partial charge in [-0.25, -0.2) is 8.42 Å². The van der Waals surface area contributed by atoms with Crippen molar-refractivity contribution < 1.29 is 28.2 Å². The lowest BCUT2D eigenvalue weighted by Gasteiger charge is -2.13. The highest BCUT2D eigenvalue weighted by Crippen LogP contribution is 2.16. The van der Waals surface area contributed by atoms with Crippen molar-refractivity contribution in [2.45, 2.75) is 24.3 Å². The molecule has 20 heavy (non-hydrogen) atoms. The number of ether oxygens (including phenoxy) is 1. The quantitative estimate of drug-likeness (QED) is 0.632. The van der Waals surface area contributed by atoms with E-state index in [0.29, 0.717) is 12.4 Å². The zero-order chi connectivity index (χ0) is 15.2. The zero-order valence-corrected chi connectivity index (χ0v) is 11.8. The van der Waals surface area contributed by atoms with Crippen LogP contribution in [0.4, 0.5) is 0 Å². The van der Waals surface area contributed by atoms with Gasteiger partial charge in [0.25, 0.3) is 0 Å². The Morgan fingerprint density at radius 3 is 2.40 bits per heavy atom. The van der Waals surface area contributed by atoms with Crippen LogP contribution in [-0.4, -0.2) is 43.9 Å². The fourth-order valence-corrected chi connectivity index (χ4v) is 2.72. The largest absolute Gasteiger partial charge is 0.494 e. The highest BCUT2D eigenvalue weighted by atomic mass is 32.2. The van der Waals surface area contributed by atoms with Crippen LogP contribution in [0, 0.1) is 0 Å². The Labute approximate surface area is 117 Å². The molecule has 0 aliphatic heterocycles. The maximum absolute atomic E-state index is 12.0. The van der Waals surface area contributed by atoms with Gasteiger partial charge in [0.2, 0.25) is 10.0 Å². The molecule has 0 amide bonds. The van der Waals surface area contributed by atoms with Crippen molar-refractivity contribution in [3.63, 3.8) is 0 Å². The van der Waals surface area contributed by atoms with Gasteiger partial charge in [-0.15, -0.1) is 0 Å². The average molecular weight is 303 g/mol. The summed E-state index contributed by atoms with van der Waals surface area (Å²) in [6.07, 6.45) is -0.203. The molecule has 0 saturated carbocycles. The zero-order valence-electron chi connectivity index (χ0n) is 10.9. The molecule has 0 aliphatic rings. The summed E-state index contributed by atoms with van der Waals surface area (Å²) in [5.74, 6) is -0.815.